The maximum atomic E-state index is 12.3. The fourth-order valence-electron chi connectivity index (χ4n) is 3.30. The molecule has 1 N–H and O–H groups in total. The van der Waals surface area contributed by atoms with E-state index in [0.717, 1.165) is 50.3 Å². The third kappa shape index (κ3) is 4.16. The standard InChI is InChI=1S/C19H26N4O/c1-2-18-20-10-13-23(18)15-17-8-11-22(12-9-17)19(24)21-14-16-6-4-3-5-7-16/h3-7,10,13,17H,2,8-9,11-12,14-15H2,1H3,(H,21,24). The van der Waals surface area contributed by atoms with Crippen LogP contribution in [-0.4, -0.2) is 33.6 Å². The molecule has 5 heteroatoms. The van der Waals surface area contributed by atoms with Crippen LogP contribution in [0.15, 0.2) is 42.7 Å². The summed E-state index contributed by atoms with van der Waals surface area (Å²) in [5.74, 6) is 1.78. The zero-order valence-corrected chi connectivity index (χ0v) is 14.3. The van der Waals surface area contributed by atoms with Gasteiger partial charge in [-0.15, -0.1) is 0 Å². The minimum absolute atomic E-state index is 0.0502. The molecule has 1 aliphatic rings. The first-order valence-electron chi connectivity index (χ1n) is 8.83. The molecule has 2 aromatic rings. The Bertz CT molecular complexity index is 644. The highest BCUT2D eigenvalue weighted by molar-refractivity contribution is 5.74. The van der Waals surface area contributed by atoms with Gasteiger partial charge in [0.1, 0.15) is 5.82 Å². The summed E-state index contributed by atoms with van der Waals surface area (Å²) in [6.07, 6.45) is 7.02. The highest BCUT2D eigenvalue weighted by Crippen LogP contribution is 2.20. The Morgan fingerprint density at radius 3 is 2.71 bits per heavy atom. The molecule has 5 nitrogen and oxygen atoms in total. The lowest BCUT2D eigenvalue weighted by atomic mass is 9.97. The van der Waals surface area contributed by atoms with Crippen LogP contribution in [0.1, 0.15) is 31.2 Å². The SMILES string of the molecule is CCc1nccn1CC1CCN(C(=O)NCc2ccccc2)CC1. The van der Waals surface area contributed by atoms with E-state index in [0.29, 0.717) is 12.5 Å². The lowest BCUT2D eigenvalue weighted by Gasteiger charge is -2.32. The van der Waals surface area contributed by atoms with Gasteiger partial charge in [-0.1, -0.05) is 37.3 Å². The van der Waals surface area contributed by atoms with Gasteiger partial charge in [-0.3, -0.25) is 0 Å². The van der Waals surface area contributed by atoms with Gasteiger partial charge >= 0.3 is 6.03 Å². The van der Waals surface area contributed by atoms with Gasteiger partial charge in [-0.05, 0) is 24.3 Å². The van der Waals surface area contributed by atoms with Gasteiger partial charge in [-0.2, -0.15) is 0 Å². The molecule has 2 amide bonds. The number of rotatable bonds is 5. The van der Waals surface area contributed by atoms with E-state index in [1.807, 2.05) is 41.4 Å². The van der Waals surface area contributed by atoms with Crippen LogP contribution in [0.25, 0.3) is 0 Å². The summed E-state index contributed by atoms with van der Waals surface area (Å²) >= 11 is 0. The summed E-state index contributed by atoms with van der Waals surface area (Å²) < 4.78 is 2.26. The second-order valence-electron chi connectivity index (χ2n) is 6.42. The van der Waals surface area contributed by atoms with Crippen molar-refractivity contribution in [2.75, 3.05) is 13.1 Å². The summed E-state index contributed by atoms with van der Waals surface area (Å²) in [5.41, 5.74) is 1.13. The third-order valence-corrected chi connectivity index (χ3v) is 4.76. The number of hydrogen-bond acceptors (Lipinski definition) is 2. The van der Waals surface area contributed by atoms with Gasteiger partial charge in [0.2, 0.25) is 0 Å². The minimum atomic E-state index is 0.0502. The minimum Gasteiger partial charge on any atom is -0.335 e. The molecule has 0 aliphatic carbocycles. The molecule has 0 bridgehead atoms. The third-order valence-electron chi connectivity index (χ3n) is 4.76. The Balaban J connectivity index is 1.43. The van der Waals surface area contributed by atoms with Crippen molar-refractivity contribution in [3.8, 4) is 0 Å². The normalized spacial score (nSPS) is 15.5. The Labute approximate surface area is 143 Å². The van der Waals surface area contributed by atoms with E-state index in [2.05, 4.69) is 28.0 Å². The number of aryl methyl sites for hydroxylation is 1. The van der Waals surface area contributed by atoms with Crippen LogP contribution in [-0.2, 0) is 19.5 Å². The Hall–Kier alpha value is -2.30. The Kier molecular flexibility index (Phi) is 5.51. The van der Waals surface area contributed by atoms with Crippen LogP contribution in [0.4, 0.5) is 4.79 Å². The average molecular weight is 326 g/mol. The Morgan fingerprint density at radius 1 is 1.25 bits per heavy atom. The molecule has 0 spiro atoms. The second kappa shape index (κ2) is 7.99. The first-order valence-corrected chi connectivity index (χ1v) is 8.83. The maximum absolute atomic E-state index is 12.3. The van der Waals surface area contributed by atoms with Crippen molar-refractivity contribution in [2.24, 2.45) is 5.92 Å². The van der Waals surface area contributed by atoms with Gasteiger partial charge in [0.25, 0.3) is 0 Å². The first-order chi connectivity index (χ1) is 11.8. The molecule has 1 aromatic heterocycles. The van der Waals surface area contributed by atoms with Gasteiger partial charge in [0.05, 0.1) is 0 Å². The first kappa shape index (κ1) is 16.6. The molecule has 1 fully saturated rings. The lowest BCUT2D eigenvalue weighted by Crippen LogP contribution is -2.44. The van der Waals surface area contributed by atoms with E-state index < -0.39 is 0 Å². The summed E-state index contributed by atoms with van der Waals surface area (Å²) in [6.45, 7) is 5.42. The van der Waals surface area contributed by atoms with Crippen LogP contribution < -0.4 is 5.32 Å². The van der Waals surface area contributed by atoms with E-state index in [1.54, 1.807) is 0 Å². The van der Waals surface area contributed by atoms with Crippen molar-refractivity contribution < 1.29 is 4.79 Å². The van der Waals surface area contributed by atoms with Gasteiger partial charge < -0.3 is 14.8 Å². The number of benzene rings is 1. The van der Waals surface area contributed by atoms with E-state index in [4.69, 9.17) is 0 Å². The molecule has 1 aliphatic heterocycles. The molecule has 1 aromatic carbocycles. The summed E-state index contributed by atoms with van der Waals surface area (Å²) in [4.78, 5) is 18.6. The van der Waals surface area contributed by atoms with Crippen LogP contribution in [0.3, 0.4) is 0 Å². The largest absolute Gasteiger partial charge is 0.335 e. The number of likely N-dealkylation sites (tertiary alicyclic amines) is 1. The van der Waals surface area contributed by atoms with E-state index in [9.17, 15) is 4.79 Å². The zero-order chi connectivity index (χ0) is 16.8. The highest BCUT2D eigenvalue weighted by Gasteiger charge is 2.23. The number of nitrogens with one attached hydrogen (secondary N) is 1. The van der Waals surface area contributed by atoms with Crippen molar-refractivity contribution in [1.82, 2.24) is 19.8 Å². The van der Waals surface area contributed by atoms with Crippen LogP contribution in [0.5, 0.6) is 0 Å². The van der Waals surface area contributed by atoms with Gasteiger partial charge in [0, 0.05) is 45.0 Å². The number of piperidine rings is 1. The van der Waals surface area contributed by atoms with Crippen molar-refractivity contribution >= 4 is 6.03 Å². The van der Waals surface area contributed by atoms with Crippen molar-refractivity contribution in [3.63, 3.8) is 0 Å². The molecule has 1 saturated heterocycles. The van der Waals surface area contributed by atoms with Crippen LogP contribution in [0, 0.1) is 5.92 Å². The number of carbonyl (C=O) groups is 1. The van der Waals surface area contributed by atoms with E-state index >= 15 is 0 Å². The Morgan fingerprint density at radius 2 is 2.00 bits per heavy atom. The highest BCUT2D eigenvalue weighted by atomic mass is 16.2. The number of hydrogen-bond donors (Lipinski definition) is 1. The van der Waals surface area contributed by atoms with Crippen molar-refractivity contribution in [1.29, 1.82) is 0 Å². The maximum Gasteiger partial charge on any atom is 0.317 e. The van der Waals surface area contributed by atoms with E-state index in [-0.39, 0.29) is 6.03 Å². The molecule has 128 valence electrons. The molecule has 0 unspecified atom stereocenters. The predicted molar refractivity (Wildman–Crippen MR) is 94.6 cm³/mol. The summed E-state index contributed by atoms with van der Waals surface area (Å²) in [5, 5.41) is 3.02. The smallest absolute Gasteiger partial charge is 0.317 e. The molecular formula is C19H26N4O. The fraction of sp³-hybridized carbons (Fsp3) is 0.474. The van der Waals surface area contributed by atoms with Crippen LogP contribution >= 0.6 is 0 Å². The van der Waals surface area contributed by atoms with Gasteiger partial charge in [-0.25, -0.2) is 9.78 Å². The topological polar surface area (TPSA) is 50.2 Å². The quantitative estimate of drug-likeness (QED) is 0.918. The van der Waals surface area contributed by atoms with Crippen LogP contribution in [0.2, 0.25) is 0 Å². The second-order valence-corrected chi connectivity index (χ2v) is 6.42. The molecule has 2 heterocycles. The number of amides is 2. The molecule has 0 saturated carbocycles. The zero-order valence-electron chi connectivity index (χ0n) is 14.3. The molecule has 0 atom stereocenters. The molecule has 3 rings (SSSR count). The van der Waals surface area contributed by atoms with Crippen molar-refractivity contribution in [3.05, 3.63) is 54.1 Å². The molecule has 0 radical (unpaired) electrons. The fourth-order valence-corrected chi connectivity index (χ4v) is 3.30. The summed E-state index contributed by atoms with van der Waals surface area (Å²) in [7, 11) is 0. The predicted octanol–water partition coefficient (Wildman–Crippen LogP) is 3.07. The van der Waals surface area contributed by atoms with Crippen molar-refractivity contribution in [2.45, 2.75) is 39.3 Å². The number of aromatic nitrogens is 2. The number of imidazole rings is 1. The number of urea groups is 1. The monoisotopic (exact) mass is 326 g/mol. The number of carbonyl (C=O) groups excluding carboxylic acids is 1. The van der Waals surface area contributed by atoms with E-state index in [1.165, 1.54) is 0 Å². The lowest BCUT2D eigenvalue weighted by molar-refractivity contribution is 0.165. The molecular weight excluding hydrogens is 300 g/mol. The number of nitrogens with zero attached hydrogens (tertiary/aromatic N) is 3. The molecule has 24 heavy (non-hydrogen) atoms. The summed E-state index contributed by atoms with van der Waals surface area (Å²) in [6, 6.07) is 10.1. The average Bonchev–Trinajstić information content (AvgIpc) is 3.08. The van der Waals surface area contributed by atoms with Gasteiger partial charge in [0.15, 0.2) is 0 Å².